The molecule has 3 aliphatic rings. The second-order valence-electron chi connectivity index (χ2n) is 5.99. The maximum atomic E-state index is 12.8. The van der Waals surface area contributed by atoms with Gasteiger partial charge in [0, 0.05) is 31.6 Å². The topological polar surface area (TPSA) is 56.4 Å². The summed E-state index contributed by atoms with van der Waals surface area (Å²) in [6.45, 7) is 3.45. The molecule has 0 radical (unpaired) electrons. The van der Waals surface area contributed by atoms with Crippen LogP contribution in [-0.4, -0.2) is 36.0 Å². The summed E-state index contributed by atoms with van der Waals surface area (Å²) < 4.78 is 0. The van der Waals surface area contributed by atoms with Crippen LogP contribution in [0.1, 0.15) is 17.5 Å². The van der Waals surface area contributed by atoms with Gasteiger partial charge in [-0.2, -0.15) is 0 Å². The summed E-state index contributed by atoms with van der Waals surface area (Å²) in [5.74, 6) is 0.588. The minimum absolute atomic E-state index is 0. The minimum Gasteiger partial charge on any atom is -0.333 e. The number of benzene rings is 1. The van der Waals surface area contributed by atoms with Crippen LogP contribution in [0.25, 0.3) is 0 Å². The Hall–Kier alpha value is -1.14. The lowest BCUT2D eigenvalue weighted by Gasteiger charge is -2.29. The zero-order valence-corrected chi connectivity index (χ0v) is 12.7. The molecule has 6 heteroatoms. The number of carbonyl (C=O) groups excluding carboxylic acids is 1. The van der Waals surface area contributed by atoms with Crippen LogP contribution < -0.4 is 16.2 Å². The highest BCUT2D eigenvalue weighted by Gasteiger charge is 2.43. The molecule has 0 saturated carbocycles. The predicted molar refractivity (Wildman–Crippen MR) is 82.8 cm³/mol. The molecule has 0 aliphatic carbocycles. The number of halogens is 1. The molecule has 1 aromatic carbocycles. The standard InChI is InChI=1S/C15H20N4O.ClH/c20-15(14-12-7-16-6-5-13(12)17-18-14)19-8-10-3-1-2-4-11(10)9-19;/h1-4,12-14,16-18H,5-9H2;1H. The number of piperidine rings is 1. The third-order valence-electron chi connectivity index (χ3n) is 4.80. The van der Waals surface area contributed by atoms with Gasteiger partial charge in [-0.3, -0.25) is 10.2 Å². The van der Waals surface area contributed by atoms with Gasteiger partial charge in [-0.05, 0) is 24.1 Å². The summed E-state index contributed by atoms with van der Waals surface area (Å²) in [6, 6.07) is 8.66. The van der Waals surface area contributed by atoms with Crippen LogP contribution in [0, 0.1) is 5.92 Å². The van der Waals surface area contributed by atoms with E-state index in [0.717, 1.165) is 32.6 Å². The Balaban J connectivity index is 0.00000132. The third-order valence-corrected chi connectivity index (χ3v) is 4.80. The second kappa shape index (κ2) is 5.93. The molecule has 3 atom stereocenters. The van der Waals surface area contributed by atoms with Crippen LogP contribution in [0.3, 0.4) is 0 Å². The van der Waals surface area contributed by atoms with Gasteiger partial charge >= 0.3 is 0 Å². The molecule has 21 heavy (non-hydrogen) atoms. The number of rotatable bonds is 1. The molecule has 2 saturated heterocycles. The van der Waals surface area contributed by atoms with Crippen molar-refractivity contribution in [2.45, 2.75) is 31.6 Å². The van der Waals surface area contributed by atoms with Crippen molar-refractivity contribution >= 4 is 18.3 Å². The average Bonchev–Trinajstić information content (AvgIpc) is 3.10. The molecule has 114 valence electrons. The number of hydrazine groups is 1. The van der Waals surface area contributed by atoms with Gasteiger partial charge in [0.25, 0.3) is 0 Å². The van der Waals surface area contributed by atoms with Crippen molar-refractivity contribution in [3.8, 4) is 0 Å². The molecule has 5 nitrogen and oxygen atoms in total. The van der Waals surface area contributed by atoms with Crippen molar-refractivity contribution in [2.24, 2.45) is 5.92 Å². The highest BCUT2D eigenvalue weighted by Crippen LogP contribution is 2.26. The smallest absolute Gasteiger partial charge is 0.242 e. The number of hydrogen-bond donors (Lipinski definition) is 3. The van der Waals surface area contributed by atoms with E-state index >= 15 is 0 Å². The lowest BCUT2D eigenvalue weighted by Crippen LogP contribution is -2.49. The zero-order valence-electron chi connectivity index (χ0n) is 11.8. The Morgan fingerprint density at radius 2 is 1.86 bits per heavy atom. The highest BCUT2D eigenvalue weighted by molar-refractivity contribution is 5.85. The maximum Gasteiger partial charge on any atom is 0.242 e. The Morgan fingerprint density at radius 1 is 1.14 bits per heavy atom. The Labute approximate surface area is 130 Å². The summed E-state index contributed by atoms with van der Waals surface area (Å²) in [7, 11) is 0. The number of carbonyl (C=O) groups is 1. The van der Waals surface area contributed by atoms with Gasteiger partial charge in [0.15, 0.2) is 0 Å². The average molecular weight is 309 g/mol. The minimum atomic E-state index is -0.0953. The van der Waals surface area contributed by atoms with E-state index in [1.54, 1.807) is 0 Å². The van der Waals surface area contributed by atoms with Gasteiger partial charge in [0.2, 0.25) is 5.91 Å². The van der Waals surface area contributed by atoms with Gasteiger partial charge in [-0.1, -0.05) is 24.3 Å². The highest BCUT2D eigenvalue weighted by atomic mass is 35.5. The molecule has 3 N–H and O–H groups in total. The number of fused-ring (bicyclic) bond motifs is 2. The lowest BCUT2D eigenvalue weighted by atomic mass is 9.89. The largest absolute Gasteiger partial charge is 0.333 e. The van der Waals surface area contributed by atoms with Gasteiger partial charge < -0.3 is 10.2 Å². The summed E-state index contributed by atoms with van der Waals surface area (Å²) in [5.41, 5.74) is 9.08. The van der Waals surface area contributed by atoms with E-state index in [0.29, 0.717) is 12.0 Å². The first-order chi connectivity index (χ1) is 9.83. The molecule has 0 aromatic heterocycles. The van der Waals surface area contributed by atoms with Crippen LogP contribution in [0.5, 0.6) is 0 Å². The van der Waals surface area contributed by atoms with Gasteiger partial charge in [-0.15, -0.1) is 12.4 Å². The fourth-order valence-corrected chi connectivity index (χ4v) is 3.65. The molecule has 0 bridgehead atoms. The SMILES string of the molecule is Cl.O=C(C1NNC2CCNCC21)N1Cc2ccccc2C1. The van der Waals surface area contributed by atoms with Crippen molar-refractivity contribution in [3.63, 3.8) is 0 Å². The van der Waals surface area contributed by atoms with Crippen molar-refractivity contribution in [3.05, 3.63) is 35.4 Å². The van der Waals surface area contributed by atoms with Gasteiger partial charge in [0.1, 0.15) is 6.04 Å². The van der Waals surface area contributed by atoms with E-state index in [1.807, 2.05) is 17.0 Å². The Kier molecular flexibility index (Phi) is 4.17. The van der Waals surface area contributed by atoms with Crippen LogP contribution in [0.4, 0.5) is 0 Å². The third kappa shape index (κ3) is 2.55. The predicted octanol–water partition coefficient (Wildman–Crippen LogP) is 0.405. The normalized spacial score (nSPS) is 30.5. The molecule has 1 aromatic rings. The second-order valence-corrected chi connectivity index (χ2v) is 5.99. The van der Waals surface area contributed by atoms with E-state index in [2.05, 4.69) is 28.3 Å². The quantitative estimate of drug-likeness (QED) is 0.703. The first-order valence-electron chi connectivity index (χ1n) is 7.40. The number of amides is 1. The maximum absolute atomic E-state index is 12.8. The molecule has 0 spiro atoms. The van der Waals surface area contributed by atoms with E-state index in [1.165, 1.54) is 11.1 Å². The van der Waals surface area contributed by atoms with Crippen molar-refractivity contribution in [1.82, 2.24) is 21.1 Å². The van der Waals surface area contributed by atoms with E-state index < -0.39 is 0 Å². The fourth-order valence-electron chi connectivity index (χ4n) is 3.65. The summed E-state index contributed by atoms with van der Waals surface area (Å²) in [5, 5.41) is 3.40. The van der Waals surface area contributed by atoms with Crippen LogP contribution >= 0.6 is 12.4 Å². The van der Waals surface area contributed by atoms with Crippen LogP contribution in [-0.2, 0) is 17.9 Å². The van der Waals surface area contributed by atoms with Crippen LogP contribution in [0.15, 0.2) is 24.3 Å². The summed E-state index contributed by atoms with van der Waals surface area (Å²) in [6.07, 6.45) is 1.08. The van der Waals surface area contributed by atoms with Crippen molar-refractivity contribution < 1.29 is 4.79 Å². The van der Waals surface area contributed by atoms with Crippen molar-refractivity contribution in [1.29, 1.82) is 0 Å². The molecule has 3 unspecified atom stereocenters. The fraction of sp³-hybridized carbons (Fsp3) is 0.533. The molecular weight excluding hydrogens is 288 g/mol. The van der Waals surface area contributed by atoms with E-state index in [-0.39, 0.29) is 24.4 Å². The Bertz CT molecular complexity index is 513. The molecule has 3 heterocycles. The number of hydrogen-bond acceptors (Lipinski definition) is 4. The molecule has 3 aliphatic heterocycles. The molecule has 2 fully saturated rings. The lowest BCUT2D eigenvalue weighted by molar-refractivity contribution is -0.134. The zero-order chi connectivity index (χ0) is 13.5. The first kappa shape index (κ1) is 14.8. The van der Waals surface area contributed by atoms with Gasteiger partial charge in [0.05, 0.1) is 0 Å². The monoisotopic (exact) mass is 308 g/mol. The summed E-state index contributed by atoms with van der Waals surface area (Å²) in [4.78, 5) is 14.7. The summed E-state index contributed by atoms with van der Waals surface area (Å²) >= 11 is 0. The van der Waals surface area contributed by atoms with Crippen LogP contribution in [0.2, 0.25) is 0 Å². The molecule has 4 rings (SSSR count). The molecule has 1 amide bonds. The number of nitrogens with one attached hydrogen (secondary N) is 3. The van der Waals surface area contributed by atoms with Gasteiger partial charge in [-0.25, -0.2) is 5.43 Å². The van der Waals surface area contributed by atoms with E-state index in [9.17, 15) is 4.79 Å². The van der Waals surface area contributed by atoms with Crippen molar-refractivity contribution in [2.75, 3.05) is 13.1 Å². The first-order valence-corrected chi connectivity index (χ1v) is 7.40. The van der Waals surface area contributed by atoms with E-state index in [4.69, 9.17) is 0 Å². The Morgan fingerprint density at radius 3 is 2.57 bits per heavy atom. The molecular formula is C15H21ClN4O. The number of nitrogens with zero attached hydrogens (tertiary/aromatic N) is 1.